The minimum atomic E-state index is 0.195. The maximum Gasteiger partial charge on any atom is 0.0723 e. The molecule has 1 spiro atoms. The zero-order valence-corrected chi connectivity index (χ0v) is 9.30. The summed E-state index contributed by atoms with van der Waals surface area (Å²) in [7, 11) is 0. The van der Waals surface area contributed by atoms with Crippen LogP contribution in [0.1, 0.15) is 45.4 Å². The molecule has 0 amide bonds. The fourth-order valence-corrected chi connectivity index (χ4v) is 3.25. The van der Waals surface area contributed by atoms with Crippen LogP contribution in [0.15, 0.2) is 0 Å². The summed E-state index contributed by atoms with van der Waals surface area (Å²) in [6.45, 7) is 4.06. The summed E-state index contributed by atoms with van der Waals surface area (Å²) in [4.78, 5) is 0. The van der Waals surface area contributed by atoms with Crippen LogP contribution in [-0.2, 0) is 4.74 Å². The molecule has 0 aromatic carbocycles. The van der Waals surface area contributed by atoms with Gasteiger partial charge in [-0.2, -0.15) is 0 Å². The van der Waals surface area contributed by atoms with E-state index in [4.69, 9.17) is 10.5 Å². The molecule has 1 aliphatic carbocycles. The van der Waals surface area contributed by atoms with Crippen LogP contribution in [0.25, 0.3) is 0 Å². The van der Waals surface area contributed by atoms with E-state index in [0.29, 0.717) is 5.92 Å². The first-order chi connectivity index (χ1) is 6.80. The molecule has 2 aliphatic rings. The third-order valence-corrected chi connectivity index (χ3v) is 4.41. The van der Waals surface area contributed by atoms with Crippen LogP contribution in [0.2, 0.25) is 0 Å². The van der Waals surface area contributed by atoms with E-state index in [9.17, 15) is 0 Å². The van der Waals surface area contributed by atoms with E-state index in [0.717, 1.165) is 19.1 Å². The quantitative estimate of drug-likeness (QED) is 0.737. The summed E-state index contributed by atoms with van der Waals surface area (Å²) in [6.07, 6.45) is 7.75. The number of rotatable bonds is 2. The topological polar surface area (TPSA) is 35.2 Å². The Labute approximate surface area is 87.2 Å². The van der Waals surface area contributed by atoms with Crippen molar-refractivity contribution < 1.29 is 4.74 Å². The van der Waals surface area contributed by atoms with Crippen molar-refractivity contribution in [1.29, 1.82) is 0 Å². The van der Waals surface area contributed by atoms with Crippen molar-refractivity contribution in [3.05, 3.63) is 0 Å². The number of hydrogen-bond acceptors (Lipinski definition) is 2. The van der Waals surface area contributed by atoms with Gasteiger partial charge in [-0.1, -0.05) is 13.3 Å². The highest BCUT2D eigenvalue weighted by Gasteiger charge is 2.45. The van der Waals surface area contributed by atoms with E-state index in [2.05, 4.69) is 6.92 Å². The largest absolute Gasteiger partial charge is 0.375 e. The molecule has 0 aromatic rings. The second kappa shape index (κ2) is 4.19. The van der Waals surface area contributed by atoms with Crippen LogP contribution >= 0.6 is 0 Å². The SMILES string of the molecule is CCC1CCC2(CC1)OCCC2CN. The van der Waals surface area contributed by atoms with Crippen molar-refractivity contribution in [2.75, 3.05) is 13.2 Å². The molecule has 1 heterocycles. The molecule has 0 radical (unpaired) electrons. The average molecular weight is 197 g/mol. The second-order valence-electron chi connectivity index (χ2n) is 4.99. The third kappa shape index (κ3) is 1.70. The Morgan fingerprint density at radius 1 is 1.29 bits per heavy atom. The average Bonchev–Trinajstić information content (AvgIpc) is 2.62. The lowest BCUT2D eigenvalue weighted by Crippen LogP contribution is -2.42. The summed E-state index contributed by atoms with van der Waals surface area (Å²) >= 11 is 0. The van der Waals surface area contributed by atoms with Crippen LogP contribution < -0.4 is 5.73 Å². The summed E-state index contributed by atoms with van der Waals surface area (Å²) in [6, 6.07) is 0. The molecular weight excluding hydrogens is 174 g/mol. The molecule has 1 atom stereocenters. The molecule has 82 valence electrons. The van der Waals surface area contributed by atoms with Crippen molar-refractivity contribution in [3.63, 3.8) is 0 Å². The lowest BCUT2D eigenvalue weighted by atomic mass is 9.72. The Morgan fingerprint density at radius 2 is 2.00 bits per heavy atom. The first-order valence-corrected chi connectivity index (χ1v) is 6.15. The predicted molar refractivity (Wildman–Crippen MR) is 58.1 cm³/mol. The Balaban J connectivity index is 1.97. The summed E-state index contributed by atoms with van der Waals surface area (Å²) in [5, 5.41) is 0. The van der Waals surface area contributed by atoms with Gasteiger partial charge in [-0.05, 0) is 44.6 Å². The van der Waals surface area contributed by atoms with Crippen molar-refractivity contribution in [2.24, 2.45) is 17.6 Å². The highest BCUT2D eigenvalue weighted by atomic mass is 16.5. The van der Waals surface area contributed by atoms with Gasteiger partial charge in [0, 0.05) is 12.5 Å². The van der Waals surface area contributed by atoms with Crippen molar-refractivity contribution in [3.8, 4) is 0 Å². The van der Waals surface area contributed by atoms with E-state index in [-0.39, 0.29) is 5.60 Å². The molecular formula is C12H23NO. The molecule has 14 heavy (non-hydrogen) atoms. The van der Waals surface area contributed by atoms with Gasteiger partial charge in [-0.3, -0.25) is 0 Å². The molecule has 0 bridgehead atoms. The minimum absolute atomic E-state index is 0.195. The van der Waals surface area contributed by atoms with Gasteiger partial charge < -0.3 is 10.5 Å². The molecule has 1 aliphatic heterocycles. The maximum absolute atomic E-state index is 6.00. The predicted octanol–water partition coefficient (Wildman–Crippen LogP) is 2.32. The molecule has 0 aromatic heterocycles. The molecule has 1 saturated heterocycles. The zero-order valence-electron chi connectivity index (χ0n) is 9.30. The Bertz CT molecular complexity index is 185. The first-order valence-electron chi connectivity index (χ1n) is 6.15. The van der Waals surface area contributed by atoms with E-state index in [1.54, 1.807) is 0 Å². The first kappa shape index (κ1) is 10.4. The van der Waals surface area contributed by atoms with Crippen molar-refractivity contribution in [2.45, 2.75) is 51.0 Å². The maximum atomic E-state index is 6.00. The highest BCUT2D eigenvalue weighted by Crippen LogP contribution is 2.45. The molecule has 2 N–H and O–H groups in total. The van der Waals surface area contributed by atoms with Crippen molar-refractivity contribution >= 4 is 0 Å². The monoisotopic (exact) mass is 197 g/mol. The minimum Gasteiger partial charge on any atom is -0.375 e. The fraction of sp³-hybridized carbons (Fsp3) is 1.00. The van der Waals surface area contributed by atoms with Crippen LogP contribution in [0.3, 0.4) is 0 Å². The standard InChI is InChI=1S/C12H23NO/c1-2-10-3-6-12(7-4-10)11(9-13)5-8-14-12/h10-11H,2-9,13H2,1H3. The normalized spacial score (nSPS) is 43.3. The molecule has 1 unspecified atom stereocenters. The summed E-state index contributed by atoms with van der Waals surface area (Å²) in [5.74, 6) is 1.59. The Kier molecular flexibility index (Phi) is 3.13. The summed E-state index contributed by atoms with van der Waals surface area (Å²) in [5.41, 5.74) is 6.02. The van der Waals surface area contributed by atoms with Gasteiger partial charge in [0.2, 0.25) is 0 Å². The van der Waals surface area contributed by atoms with E-state index >= 15 is 0 Å². The summed E-state index contributed by atoms with van der Waals surface area (Å²) < 4.78 is 6.00. The van der Waals surface area contributed by atoms with Crippen LogP contribution in [0, 0.1) is 11.8 Å². The Hall–Kier alpha value is -0.0800. The lowest BCUT2D eigenvalue weighted by molar-refractivity contribution is -0.0575. The van der Waals surface area contributed by atoms with Gasteiger partial charge in [-0.25, -0.2) is 0 Å². The van der Waals surface area contributed by atoms with E-state index < -0.39 is 0 Å². The van der Waals surface area contributed by atoms with Gasteiger partial charge in [0.05, 0.1) is 5.60 Å². The van der Waals surface area contributed by atoms with Crippen LogP contribution in [0.4, 0.5) is 0 Å². The molecule has 2 rings (SSSR count). The fourth-order valence-electron chi connectivity index (χ4n) is 3.25. The van der Waals surface area contributed by atoms with Gasteiger partial charge in [0.1, 0.15) is 0 Å². The van der Waals surface area contributed by atoms with Crippen LogP contribution in [0.5, 0.6) is 0 Å². The highest BCUT2D eigenvalue weighted by molar-refractivity contribution is 4.96. The van der Waals surface area contributed by atoms with Crippen LogP contribution in [-0.4, -0.2) is 18.8 Å². The number of nitrogens with two attached hydrogens (primary N) is 1. The lowest BCUT2D eigenvalue weighted by Gasteiger charge is -2.40. The van der Waals surface area contributed by atoms with Gasteiger partial charge in [-0.15, -0.1) is 0 Å². The third-order valence-electron chi connectivity index (χ3n) is 4.41. The number of ether oxygens (including phenoxy) is 1. The second-order valence-corrected chi connectivity index (χ2v) is 4.99. The van der Waals surface area contributed by atoms with Crippen molar-refractivity contribution in [1.82, 2.24) is 0 Å². The van der Waals surface area contributed by atoms with Gasteiger partial charge in [0.15, 0.2) is 0 Å². The van der Waals surface area contributed by atoms with E-state index in [1.807, 2.05) is 0 Å². The molecule has 2 nitrogen and oxygen atoms in total. The van der Waals surface area contributed by atoms with E-state index in [1.165, 1.54) is 38.5 Å². The molecule has 2 fully saturated rings. The molecule has 2 heteroatoms. The molecule has 1 saturated carbocycles. The zero-order chi connectivity index (χ0) is 10.0. The van der Waals surface area contributed by atoms with Gasteiger partial charge in [0.25, 0.3) is 0 Å². The smallest absolute Gasteiger partial charge is 0.0723 e. The van der Waals surface area contributed by atoms with Gasteiger partial charge >= 0.3 is 0 Å². The number of hydrogen-bond donors (Lipinski definition) is 1. The Morgan fingerprint density at radius 3 is 2.57 bits per heavy atom.